The lowest BCUT2D eigenvalue weighted by atomic mass is 10.2. The van der Waals surface area contributed by atoms with E-state index in [-0.39, 0.29) is 19.1 Å². The molecule has 0 unspecified atom stereocenters. The fraction of sp³-hybridized carbons (Fsp3) is 0.533. The highest BCUT2D eigenvalue weighted by molar-refractivity contribution is 5.76. The zero-order valence-corrected chi connectivity index (χ0v) is 13.2. The number of carbonyl (C=O) groups excluding carboxylic acids is 1. The first-order chi connectivity index (χ1) is 10.5. The largest absolute Gasteiger partial charge is 0.394 e. The fourth-order valence-electron chi connectivity index (χ4n) is 2.84. The molecule has 0 saturated heterocycles. The van der Waals surface area contributed by atoms with Crippen LogP contribution in [0.15, 0.2) is 6.20 Å². The van der Waals surface area contributed by atoms with Gasteiger partial charge in [0.2, 0.25) is 5.91 Å². The molecule has 3 heterocycles. The molecule has 22 heavy (non-hydrogen) atoms. The van der Waals surface area contributed by atoms with E-state index in [1.807, 2.05) is 25.7 Å². The van der Waals surface area contributed by atoms with Gasteiger partial charge in [0.05, 0.1) is 37.3 Å². The second-order valence-electron chi connectivity index (χ2n) is 5.77. The van der Waals surface area contributed by atoms with Crippen molar-refractivity contribution in [2.45, 2.75) is 47.0 Å². The molecule has 0 fully saturated rings. The van der Waals surface area contributed by atoms with E-state index in [2.05, 4.69) is 10.2 Å². The average Bonchev–Trinajstić information content (AvgIpc) is 3.12. The third-order valence-electron chi connectivity index (χ3n) is 4.43. The van der Waals surface area contributed by atoms with E-state index in [0.29, 0.717) is 19.6 Å². The lowest BCUT2D eigenvalue weighted by molar-refractivity contribution is -0.132. The van der Waals surface area contributed by atoms with E-state index in [4.69, 9.17) is 5.11 Å². The Hall–Kier alpha value is -2.15. The lowest BCUT2D eigenvalue weighted by Gasteiger charge is -2.16. The van der Waals surface area contributed by atoms with E-state index >= 15 is 0 Å². The molecule has 1 N–H and O–H groups in total. The van der Waals surface area contributed by atoms with Crippen molar-refractivity contribution in [3.8, 4) is 0 Å². The molecular weight excluding hydrogens is 282 g/mol. The number of hydrogen-bond donors (Lipinski definition) is 1. The molecule has 7 heteroatoms. The topological polar surface area (TPSA) is 76.2 Å². The van der Waals surface area contributed by atoms with E-state index in [1.54, 1.807) is 15.6 Å². The molecule has 1 amide bonds. The zero-order chi connectivity index (χ0) is 15.9. The minimum Gasteiger partial charge on any atom is -0.394 e. The number of rotatable bonds is 4. The van der Waals surface area contributed by atoms with Gasteiger partial charge in [-0.15, -0.1) is 0 Å². The highest BCUT2D eigenvalue weighted by Gasteiger charge is 2.27. The SMILES string of the molecule is Cc1nn(CC(=O)N2Cc3cnn(CCO)c3C2)c(C)c1C. The molecule has 2 aromatic rings. The van der Waals surface area contributed by atoms with Gasteiger partial charge in [0, 0.05) is 17.8 Å². The number of nitrogens with zero attached hydrogens (tertiary/aromatic N) is 5. The summed E-state index contributed by atoms with van der Waals surface area (Å²) in [6, 6.07) is 0. The highest BCUT2D eigenvalue weighted by Crippen LogP contribution is 2.23. The van der Waals surface area contributed by atoms with Crippen molar-refractivity contribution in [3.63, 3.8) is 0 Å². The van der Waals surface area contributed by atoms with Crippen LogP contribution in [-0.4, -0.2) is 42.1 Å². The molecule has 7 nitrogen and oxygen atoms in total. The predicted octanol–water partition coefficient (Wildman–Crippen LogP) is 0.540. The maximum absolute atomic E-state index is 12.5. The molecule has 1 aliphatic heterocycles. The van der Waals surface area contributed by atoms with Gasteiger partial charge < -0.3 is 10.0 Å². The number of aliphatic hydroxyl groups excluding tert-OH is 1. The summed E-state index contributed by atoms with van der Waals surface area (Å²) in [5.41, 5.74) is 5.22. The van der Waals surface area contributed by atoms with E-state index in [1.165, 1.54) is 0 Å². The minimum absolute atomic E-state index is 0.0487. The summed E-state index contributed by atoms with van der Waals surface area (Å²) in [6.07, 6.45) is 1.78. The van der Waals surface area contributed by atoms with Gasteiger partial charge >= 0.3 is 0 Å². The van der Waals surface area contributed by atoms with Gasteiger partial charge in [-0.05, 0) is 26.3 Å². The van der Waals surface area contributed by atoms with Crippen molar-refractivity contribution in [1.29, 1.82) is 0 Å². The van der Waals surface area contributed by atoms with Crippen LogP contribution in [0.4, 0.5) is 0 Å². The van der Waals surface area contributed by atoms with Crippen molar-refractivity contribution < 1.29 is 9.90 Å². The van der Waals surface area contributed by atoms with E-state index in [9.17, 15) is 4.79 Å². The van der Waals surface area contributed by atoms with Crippen molar-refractivity contribution in [1.82, 2.24) is 24.5 Å². The van der Waals surface area contributed by atoms with Gasteiger partial charge in [-0.1, -0.05) is 0 Å². The van der Waals surface area contributed by atoms with Crippen molar-refractivity contribution in [3.05, 3.63) is 34.4 Å². The normalized spacial score (nSPS) is 13.7. The van der Waals surface area contributed by atoms with Gasteiger partial charge in [-0.2, -0.15) is 10.2 Å². The van der Waals surface area contributed by atoms with Crippen molar-refractivity contribution in [2.24, 2.45) is 0 Å². The number of carbonyl (C=O) groups is 1. The number of fused-ring (bicyclic) bond motifs is 1. The molecule has 3 rings (SSSR count). The Kier molecular flexibility index (Phi) is 3.74. The Balaban J connectivity index is 1.71. The van der Waals surface area contributed by atoms with Crippen LogP contribution in [0.2, 0.25) is 0 Å². The van der Waals surface area contributed by atoms with Crippen LogP contribution in [0.5, 0.6) is 0 Å². The average molecular weight is 303 g/mol. The summed E-state index contributed by atoms with van der Waals surface area (Å²) in [5.74, 6) is 0.0531. The highest BCUT2D eigenvalue weighted by atomic mass is 16.3. The molecule has 0 saturated carbocycles. The smallest absolute Gasteiger partial charge is 0.244 e. The fourth-order valence-corrected chi connectivity index (χ4v) is 2.84. The molecule has 0 aliphatic carbocycles. The maximum atomic E-state index is 12.5. The van der Waals surface area contributed by atoms with Gasteiger partial charge in [0.25, 0.3) is 0 Å². The molecule has 118 valence electrons. The first kappa shape index (κ1) is 14.8. The Bertz CT molecular complexity index is 716. The second kappa shape index (κ2) is 5.57. The summed E-state index contributed by atoms with van der Waals surface area (Å²) < 4.78 is 3.55. The zero-order valence-electron chi connectivity index (χ0n) is 13.2. The van der Waals surface area contributed by atoms with Crippen LogP contribution in [0.25, 0.3) is 0 Å². The van der Waals surface area contributed by atoms with Crippen molar-refractivity contribution >= 4 is 5.91 Å². The first-order valence-electron chi connectivity index (χ1n) is 7.44. The molecule has 0 spiro atoms. The third kappa shape index (κ3) is 2.41. The number of aryl methyl sites for hydroxylation is 1. The molecular formula is C15H21N5O2. The van der Waals surface area contributed by atoms with Gasteiger partial charge in [0.1, 0.15) is 6.54 Å². The molecule has 2 aromatic heterocycles. The van der Waals surface area contributed by atoms with Crippen LogP contribution >= 0.6 is 0 Å². The lowest BCUT2D eigenvalue weighted by Crippen LogP contribution is -2.30. The standard InChI is InChI=1S/C15H21N5O2/c1-10-11(2)17-20(12(10)3)9-15(22)18-7-13-6-16-19(4-5-21)14(13)8-18/h6,21H,4-5,7-9H2,1-3H3. The molecule has 0 atom stereocenters. The van der Waals surface area contributed by atoms with Crippen LogP contribution < -0.4 is 0 Å². The van der Waals surface area contributed by atoms with Crippen LogP contribution in [0, 0.1) is 20.8 Å². The Morgan fingerprint density at radius 1 is 1.27 bits per heavy atom. The van der Waals surface area contributed by atoms with Gasteiger partial charge in [0.15, 0.2) is 0 Å². The number of hydrogen-bond acceptors (Lipinski definition) is 4. The number of amides is 1. The predicted molar refractivity (Wildman–Crippen MR) is 80.0 cm³/mol. The van der Waals surface area contributed by atoms with Crippen LogP contribution in [-0.2, 0) is 31.0 Å². The second-order valence-corrected chi connectivity index (χ2v) is 5.77. The Morgan fingerprint density at radius 2 is 2.05 bits per heavy atom. The monoisotopic (exact) mass is 303 g/mol. The third-order valence-corrected chi connectivity index (χ3v) is 4.43. The number of aliphatic hydroxyl groups is 1. The van der Waals surface area contributed by atoms with Crippen molar-refractivity contribution in [2.75, 3.05) is 6.61 Å². The number of aromatic nitrogens is 4. The Labute approximate surface area is 129 Å². The summed E-state index contributed by atoms with van der Waals surface area (Å²) in [6.45, 7) is 7.87. The molecule has 0 radical (unpaired) electrons. The summed E-state index contributed by atoms with van der Waals surface area (Å²) >= 11 is 0. The summed E-state index contributed by atoms with van der Waals surface area (Å²) in [4.78, 5) is 14.3. The summed E-state index contributed by atoms with van der Waals surface area (Å²) in [5, 5.41) is 17.7. The summed E-state index contributed by atoms with van der Waals surface area (Å²) in [7, 11) is 0. The maximum Gasteiger partial charge on any atom is 0.244 e. The van der Waals surface area contributed by atoms with E-state index in [0.717, 1.165) is 28.2 Å². The van der Waals surface area contributed by atoms with Crippen LogP contribution in [0.3, 0.4) is 0 Å². The molecule has 1 aliphatic rings. The van der Waals surface area contributed by atoms with E-state index < -0.39 is 0 Å². The van der Waals surface area contributed by atoms with Gasteiger partial charge in [-0.3, -0.25) is 14.2 Å². The molecule has 0 aromatic carbocycles. The first-order valence-corrected chi connectivity index (χ1v) is 7.44. The molecule has 0 bridgehead atoms. The quantitative estimate of drug-likeness (QED) is 0.894. The Morgan fingerprint density at radius 3 is 2.68 bits per heavy atom. The van der Waals surface area contributed by atoms with Crippen LogP contribution in [0.1, 0.15) is 28.2 Å². The minimum atomic E-state index is 0.0487. The van der Waals surface area contributed by atoms with Gasteiger partial charge in [-0.25, -0.2) is 0 Å².